The van der Waals surface area contributed by atoms with Crippen molar-refractivity contribution in [2.75, 3.05) is 0 Å². The molecule has 0 fully saturated rings. The predicted molar refractivity (Wildman–Crippen MR) is 30.7 cm³/mol. The van der Waals surface area contributed by atoms with Crippen LogP contribution in [0.15, 0.2) is 18.3 Å². The molecular weight excluding hydrogens is 167 g/mol. The average molecular weight is 170 g/mol. The fourth-order valence-corrected chi connectivity index (χ4v) is 0.794. The SMILES string of the molecule is FC(F)(F)c1cccn1Cl. The van der Waals surface area contributed by atoms with Gasteiger partial charge in [0.1, 0.15) is 5.69 Å². The van der Waals surface area contributed by atoms with Gasteiger partial charge in [-0.3, -0.25) is 4.09 Å². The van der Waals surface area contributed by atoms with E-state index in [2.05, 4.69) is 0 Å². The lowest BCUT2D eigenvalue weighted by Crippen LogP contribution is -2.07. The van der Waals surface area contributed by atoms with E-state index in [0.29, 0.717) is 4.09 Å². The van der Waals surface area contributed by atoms with Crippen molar-refractivity contribution in [1.29, 1.82) is 0 Å². The number of halogens is 4. The lowest BCUT2D eigenvalue weighted by molar-refractivity contribution is -0.141. The highest BCUT2D eigenvalue weighted by Crippen LogP contribution is 2.29. The molecule has 0 N–H and O–H groups in total. The summed E-state index contributed by atoms with van der Waals surface area (Å²) < 4.78 is 35.8. The first kappa shape index (κ1) is 7.47. The van der Waals surface area contributed by atoms with Gasteiger partial charge in [-0.2, -0.15) is 13.2 Å². The zero-order valence-electron chi connectivity index (χ0n) is 4.69. The minimum Gasteiger partial charge on any atom is -0.256 e. The van der Waals surface area contributed by atoms with Gasteiger partial charge >= 0.3 is 6.18 Å². The summed E-state index contributed by atoms with van der Waals surface area (Å²) in [7, 11) is 0. The zero-order chi connectivity index (χ0) is 7.78. The smallest absolute Gasteiger partial charge is 0.256 e. The summed E-state index contributed by atoms with van der Waals surface area (Å²) in [5.74, 6) is 0. The van der Waals surface area contributed by atoms with Gasteiger partial charge in [0.2, 0.25) is 0 Å². The summed E-state index contributed by atoms with van der Waals surface area (Å²) in [6.45, 7) is 0. The number of rotatable bonds is 0. The van der Waals surface area contributed by atoms with E-state index in [1.807, 2.05) is 0 Å². The molecule has 1 aromatic rings. The summed E-state index contributed by atoms with van der Waals surface area (Å²) in [5, 5.41) is 0. The molecule has 0 amide bonds. The summed E-state index contributed by atoms with van der Waals surface area (Å²) in [6.07, 6.45) is -3.23. The van der Waals surface area contributed by atoms with Gasteiger partial charge in [-0.1, -0.05) is 0 Å². The molecule has 0 unspecified atom stereocenters. The molecule has 5 heteroatoms. The molecule has 0 saturated carbocycles. The van der Waals surface area contributed by atoms with Crippen LogP contribution in [0.3, 0.4) is 0 Å². The van der Waals surface area contributed by atoms with Crippen LogP contribution in [0.4, 0.5) is 13.2 Å². The maximum absolute atomic E-state index is 11.8. The second-order valence-corrected chi connectivity index (χ2v) is 2.07. The van der Waals surface area contributed by atoms with Crippen LogP contribution in [0, 0.1) is 0 Å². The number of hydrogen-bond donors (Lipinski definition) is 0. The summed E-state index contributed by atoms with van der Waals surface area (Å²) in [5.41, 5.74) is -0.853. The first-order chi connectivity index (χ1) is 4.52. The fraction of sp³-hybridized carbons (Fsp3) is 0.200. The Morgan fingerprint density at radius 1 is 1.40 bits per heavy atom. The second kappa shape index (κ2) is 2.20. The second-order valence-electron chi connectivity index (χ2n) is 1.70. The van der Waals surface area contributed by atoms with Crippen LogP contribution in [0.25, 0.3) is 0 Å². The van der Waals surface area contributed by atoms with Crippen LogP contribution < -0.4 is 0 Å². The maximum atomic E-state index is 11.8. The third kappa shape index (κ3) is 1.26. The topological polar surface area (TPSA) is 4.93 Å². The Balaban J connectivity index is 3.05. The Kier molecular flexibility index (Phi) is 1.64. The zero-order valence-corrected chi connectivity index (χ0v) is 5.45. The first-order valence-electron chi connectivity index (χ1n) is 2.42. The number of alkyl halides is 3. The van der Waals surface area contributed by atoms with Crippen LogP contribution in [0.5, 0.6) is 0 Å². The normalized spacial score (nSPS) is 12.0. The van der Waals surface area contributed by atoms with E-state index in [1.54, 1.807) is 0 Å². The molecule has 0 aliphatic heterocycles. The third-order valence-corrected chi connectivity index (χ3v) is 1.29. The van der Waals surface area contributed by atoms with Gasteiger partial charge in [0.25, 0.3) is 0 Å². The molecule has 0 saturated heterocycles. The Morgan fingerprint density at radius 3 is 2.20 bits per heavy atom. The van der Waals surface area contributed by atoms with E-state index < -0.39 is 11.9 Å². The minimum absolute atomic E-state index is 0.514. The molecule has 1 heterocycles. The molecule has 1 rings (SSSR count). The molecule has 0 aliphatic rings. The predicted octanol–water partition coefficient (Wildman–Crippen LogP) is 2.51. The average Bonchev–Trinajstić information content (AvgIpc) is 2.11. The molecule has 0 atom stereocenters. The molecule has 0 radical (unpaired) electrons. The van der Waals surface area contributed by atoms with Crippen LogP contribution in [-0.2, 0) is 6.18 Å². The van der Waals surface area contributed by atoms with Gasteiger partial charge < -0.3 is 0 Å². The highest BCUT2D eigenvalue weighted by Gasteiger charge is 2.33. The minimum atomic E-state index is -4.36. The lowest BCUT2D eigenvalue weighted by atomic mass is 10.4. The van der Waals surface area contributed by atoms with Crippen LogP contribution in [0.1, 0.15) is 5.69 Å². The molecule has 1 nitrogen and oxygen atoms in total. The van der Waals surface area contributed by atoms with Gasteiger partial charge in [0.15, 0.2) is 0 Å². The van der Waals surface area contributed by atoms with Crippen molar-refractivity contribution < 1.29 is 13.2 Å². The van der Waals surface area contributed by atoms with Crippen LogP contribution in [-0.4, -0.2) is 4.09 Å². The third-order valence-electron chi connectivity index (χ3n) is 0.992. The first-order valence-corrected chi connectivity index (χ1v) is 2.76. The molecule has 1 aromatic heterocycles. The van der Waals surface area contributed by atoms with Crippen molar-refractivity contribution in [1.82, 2.24) is 4.09 Å². The van der Waals surface area contributed by atoms with Gasteiger partial charge in [0, 0.05) is 18.0 Å². The quantitative estimate of drug-likeness (QED) is 0.562. The van der Waals surface area contributed by atoms with Gasteiger partial charge in [-0.05, 0) is 12.1 Å². The Labute approximate surface area is 60.1 Å². The van der Waals surface area contributed by atoms with Crippen molar-refractivity contribution in [2.45, 2.75) is 6.18 Å². The van der Waals surface area contributed by atoms with Crippen molar-refractivity contribution >= 4 is 11.8 Å². The number of aromatic nitrogens is 1. The van der Waals surface area contributed by atoms with Gasteiger partial charge in [-0.15, -0.1) is 0 Å². The van der Waals surface area contributed by atoms with E-state index >= 15 is 0 Å². The molecule has 0 aromatic carbocycles. The lowest BCUT2D eigenvalue weighted by Gasteiger charge is -2.04. The van der Waals surface area contributed by atoms with Gasteiger partial charge in [0.05, 0.1) is 0 Å². The van der Waals surface area contributed by atoms with E-state index in [1.165, 1.54) is 6.07 Å². The standard InChI is InChI=1S/C5H3ClF3N/c6-10-3-1-2-4(10)5(7,8)9/h1-3H. The summed E-state index contributed by atoms with van der Waals surface area (Å²) >= 11 is 5.12. The van der Waals surface area contributed by atoms with Crippen molar-refractivity contribution in [3.8, 4) is 0 Å². The van der Waals surface area contributed by atoms with Gasteiger partial charge in [-0.25, -0.2) is 0 Å². The summed E-state index contributed by atoms with van der Waals surface area (Å²) in [4.78, 5) is 0. The maximum Gasteiger partial charge on any atom is 0.432 e. The molecule has 0 aliphatic carbocycles. The van der Waals surface area contributed by atoms with E-state index in [-0.39, 0.29) is 0 Å². The van der Waals surface area contributed by atoms with Crippen molar-refractivity contribution in [2.24, 2.45) is 0 Å². The monoisotopic (exact) mass is 169 g/mol. The van der Waals surface area contributed by atoms with Crippen molar-refractivity contribution in [3.63, 3.8) is 0 Å². The Hall–Kier alpha value is -0.640. The highest BCUT2D eigenvalue weighted by atomic mass is 35.5. The molecule has 0 spiro atoms. The Bertz CT molecular complexity index is 227. The highest BCUT2D eigenvalue weighted by molar-refractivity contribution is 6.15. The summed E-state index contributed by atoms with van der Waals surface area (Å²) in [6, 6.07) is 2.14. The fourth-order valence-electron chi connectivity index (χ4n) is 0.577. The van der Waals surface area contributed by atoms with Crippen molar-refractivity contribution in [3.05, 3.63) is 24.0 Å². The van der Waals surface area contributed by atoms with E-state index in [4.69, 9.17) is 11.8 Å². The Morgan fingerprint density at radius 2 is 2.00 bits per heavy atom. The van der Waals surface area contributed by atoms with Crippen LogP contribution >= 0.6 is 11.8 Å². The molecule has 56 valence electrons. The molecule has 10 heavy (non-hydrogen) atoms. The van der Waals surface area contributed by atoms with E-state index in [0.717, 1.165) is 12.3 Å². The molecular formula is C5H3ClF3N. The van der Waals surface area contributed by atoms with E-state index in [9.17, 15) is 13.2 Å². The number of hydrogen-bond acceptors (Lipinski definition) is 0. The van der Waals surface area contributed by atoms with Crippen LogP contribution in [0.2, 0.25) is 0 Å². The molecule has 0 bridgehead atoms. The largest absolute Gasteiger partial charge is 0.432 e. The number of nitrogens with zero attached hydrogens (tertiary/aromatic N) is 1.